The first-order chi connectivity index (χ1) is 13.1. The SMILES string of the molecule is C/C=C(\N=C(N)N)c1ccc2cccc(-c3ncc(C4CC4)cc3Cl)c2c1. The molecule has 136 valence electrons. The molecule has 4 N–H and O–H groups in total. The van der Waals surface area contributed by atoms with Gasteiger partial charge in [0.25, 0.3) is 0 Å². The minimum absolute atomic E-state index is 0.0388. The molecular formula is C22H21ClN4. The van der Waals surface area contributed by atoms with Gasteiger partial charge in [0.2, 0.25) is 0 Å². The molecule has 1 fully saturated rings. The second-order valence-electron chi connectivity index (χ2n) is 6.83. The van der Waals surface area contributed by atoms with Crippen molar-refractivity contribution in [3.63, 3.8) is 0 Å². The fraction of sp³-hybridized carbons (Fsp3) is 0.182. The maximum absolute atomic E-state index is 6.61. The van der Waals surface area contributed by atoms with Crippen molar-refractivity contribution in [3.8, 4) is 11.3 Å². The predicted molar refractivity (Wildman–Crippen MR) is 114 cm³/mol. The Morgan fingerprint density at radius 2 is 2.00 bits per heavy atom. The summed E-state index contributed by atoms with van der Waals surface area (Å²) in [7, 11) is 0. The number of hydrogen-bond acceptors (Lipinski definition) is 2. The van der Waals surface area contributed by atoms with Gasteiger partial charge in [0.05, 0.1) is 16.4 Å². The standard InChI is InChI=1S/C22H21ClN4/c1-2-20(27-22(24)25)15-9-8-14-4-3-5-17(18(14)10-15)21-19(23)11-16(12-26-21)13-6-7-13/h2-5,8-13H,6-7H2,1H3,(H4,24,25,27)/b20-2-. The molecule has 0 spiro atoms. The van der Waals surface area contributed by atoms with E-state index in [1.54, 1.807) is 0 Å². The molecule has 0 unspecified atom stereocenters. The van der Waals surface area contributed by atoms with Crippen LogP contribution >= 0.6 is 11.6 Å². The summed E-state index contributed by atoms with van der Waals surface area (Å²) in [6.07, 6.45) is 6.30. The Morgan fingerprint density at radius 1 is 1.19 bits per heavy atom. The summed E-state index contributed by atoms with van der Waals surface area (Å²) in [5.74, 6) is 0.664. The summed E-state index contributed by atoms with van der Waals surface area (Å²) < 4.78 is 0. The topological polar surface area (TPSA) is 77.3 Å². The van der Waals surface area contributed by atoms with Crippen molar-refractivity contribution in [1.82, 2.24) is 4.98 Å². The second kappa shape index (κ2) is 7.05. The van der Waals surface area contributed by atoms with Crippen LogP contribution in [0.4, 0.5) is 0 Å². The number of halogens is 1. The van der Waals surface area contributed by atoms with Gasteiger partial charge in [-0.15, -0.1) is 0 Å². The zero-order valence-corrected chi connectivity index (χ0v) is 15.9. The molecule has 2 aromatic carbocycles. The Hall–Kier alpha value is -2.85. The second-order valence-corrected chi connectivity index (χ2v) is 7.23. The smallest absolute Gasteiger partial charge is 0.191 e. The highest BCUT2D eigenvalue weighted by atomic mass is 35.5. The minimum Gasteiger partial charge on any atom is -0.370 e. The van der Waals surface area contributed by atoms with Gasteiger partial charge in [-0.2, -0.15) is 0 Å². The molecule has 1 heterocycles. The van der Waals surface area contributed by atoms with Gasteiger partial charge in [0.1, 0.15) is 0 Å². The number of aliphatic imine (C=N–C) groups is 1. The van der Waals surface area contributed by atoms with E-state index in [2.05, 4.69) is 34.2 Å². The van der Waals surface area contributed by atoms with Crippen LogP contribution in [0.15, 0.2) is 59.7 Å². The zero-order valence-electron chi connectivity index (χ0n) is 15.1. The zero-order chi connectivity index (χ0) is 19.0. The molecule has 1 aliphatic rings. The first-order valence-electron chi connectivity index (χ1n) is 9.01. The van der Waals surface area contributed by atoms with Gasteiger partial charge in [0.15, 0.2) is 5.96 Å². The highest BCUT2D eigenvalue weighted by Gasteiger charge is 2.24. The van der Waals surface area contributed by atoms with E-state index < -0.39 is 0 Å². The van der Waals surface area contributed by atoms with Crippen LogP contribution in [0, 0.1) is 0 Å². The van der Waals surface area contributed by atoms with Crippen molar-refractivity contribution < 1.29 is 0 Å². The molecule has 1 saturated carbocycles. The molecular weight excluding hydrogens is 356 g/mol. The summed E-state index contributed by atoms with van der Waals surface area (Å²) >= 11 is 6.61. The van der Waals surface area contributed by atoms with Crippen molar-refractivity contribution in [2.45, 2.75) is 25.7 Å². The van der Waals surface area contributed by atoms with E-state index in [0.717, 1.165) is 33.3 Å². The Balaban J connectivity index is 1.86. The molecule has 4 nitrogen and oxygen atoms in total. The fourth-order valence-electron chi connectivity index (χ4n) is 3.36. The Labute approximate surface area is 163 Å². The van der Waals surface area contributed by atoms with Crippen molar-refractivity contribution >= 4 is 34.0 Å². The molecule has 5 heteroatoms. The Bertz CT molecular complexity index is 1080. The van der Waals surface area contributed by atoms with E-state index in [4.69, 9.17) is 23.1 Å². The van der Waals surface area contributed by atoms with E-state index in [1.807, 2.05) is 37.4 Å². The number of allylic oxidation sites excluding steroid dienone is 1. The van der Waals surface area contributed by atoms with Gasteiger partial charge in [-0.05, 0) is 54.2 Å². The Kier molecular flexibility index (Phi) is 4.58. The molecule has 1 aromatic heterocycles. The minimum atomic E-state index is 0.0388. The van der Waals surface area contributed by atoms with Crippen LogP contribution in [-0.2, 0) is 0 Å². The van der Waals surface area contributed by atoms with Gasteiger partial charge in [-0.1, -0.05) is 48.0 Å². The maximum atomic E-state index is 6.61. The summed E-state index contributed by atoms with van der Waals surface area (Å²) in [6, 6.07) is 14.4. The lowest BCUT2D eigenvalue weighted by Crippen LogP contribution is -2.22. The molecule has 0 atom stereocenters. The number of rotatable bonds is 4. The van der Waals surface area contributed by atoms with Crippen LogP contribution in [-0.4, -0.2) is 10.9 Å². The lowest BCUT2D eigenvalue weighted by atomic mass is 9.98. The number of pyridine rings is 1. The number of hydrogen-bond donors (Lipinski definition) is 2. The molecule has 0 saturated heterocycles. The van der Waals surface area contributed by atoms with E-state index in [-0.39, 0.29) is 5.96 Å². The molecule has 0 aliphatic heterocycles. The van der Waals surface area contributed by atoms with Crippen molar-refractivity contribution in [3.05, 3.63) is 70.9 Å². The van der Waals surface area contributed by atoms with Crippen LogP contribution in [0.3, 0.4) is 0 Å². The van der Waals surface area contributed by atoms with Gasteiger partial charge in [0, 0.05) is 17.3 Å². The third kappa shape index (κ3) is 3.53. The van der Waals surface area contributed by atoms with Crippen LogP contribution in [0.1, 0.15) is 36.8 Å². The normalized spacial score (nSPS) is 14.4. The van der Waals surface area contributed by atoms with Crippen molar-refractivity contribution in [2.75, 3.05) is 0 Å². The number of guanidine groups is 1. The van der Waals surface area contributed by atoms with Gasteiger partial charge >= 0.3 is 0 Å². The first-order valence-corrected chi connectivity index (χ1v) is 9.39. The van der Waals surface area contributed by atoms with Gasteiger partial charge in [-0.3, -0.25) is 4.98 Å². The molecule has 0 bridgehead atoms. The van der Waals surface area contributed by atoms with Crippen molar-refractivity contribution in [2.24, 2.45) is 16.5 Å². The number of nitrogens with two attached hydrogens (primary N) is 2. The van der Waals surface area contributed by atoms with Crippen LogP contribution in [0.25, 0.3) is 27.7 Å². The van der Waals surface area contributed by atoms with E-state index in [9.17, 15) is 0 Å². The number of fused-ring (bicyclic) bond motifs is 1. The average molecular weight is 377 g/mol. The molecule has 27 heavy (non-hydrogen) atoms. The molecule has 1 aliphatic carbocycles. The summed E-state index contributed by atoms with van der Waals surface area (Å²) in [6.45, 7) is 1.91. The Morgan fingerprint density at radius 3 is 2.67 bits per heavy atom. The largest absolute Gasteiger partial charge is 0.370 e. The number of aromatic nitrogens is 1. The summed E-state index contributed by atoms with van der Waals surface area (Å²) in [5.41, 5.74) is 15.8. The highest BCUT2D eigenvalue weighted by molar-refractivity contribution is 6.33. The lowest BCUT2D eigenvalue weighted by molar-refractivity contribution is 1.10. The molecule has 3 aromatic rings. The molecule has 0 radical (unpaired) electrons. The summed E-state index contributed by atoms with van der Waals surface area (Å²) in [4.78, 5) is 8.91. The predicted octanol–water partition coefficient (Wildman–Crippen LogP) is 5.07. The van der Waals surface area contributed by atoms with Crippen molar-refractivity contribution in [1.29, 1.82) is 0 Å². The quantitative estimate of drug-likeness (QED) is 0.493. The fourth-order valence-corrected chi connectivity index (χ4v) is 3.64. The molecule has 4 rings (SSSR count). The molecule has 0 amide bonds. The van der Waals surface area contributed by atoms with Gasteiger partial charge in [-0.25, -0.2) is 4.99 Å². The number of nitrogens with zero attached hydrogens (tertiary/aromatic N) is 2. The lowest BCUT2D eigenvalue weighted by Gasteiger charge is -2.11. The average Bonchev–Trinajstić information content (AvgIpc) is 3.50. The van der Waals surface area contributed by atoms with Gasteiger partial charge < -0.3 is 11.5 Å². The maximum Gasteiger partial charge on any atom is 0.191 e. The highest BCUT2D eigenvalue weighted by Crippen LogP contribution is 2.42. The van der Waals surface area contributed by atoms with E-state index >= 15 is 0 Å². The monoisotopic (exact) mass is 376 g/mol. The van der Waals surface area contributed by atoms with E-state index in [1.165, 1.54) is 18.4 Å². The first kappa shape index (κ1) is 17.6. The number of benzene rings is 2. The third-order valence-electron chi connectivity index (χ3n) is 4.87. The van der Waals surface area contributed by atoms with Crippen LogP contribution in [0.2, 0.25) is 5.02 Å². The van der Waals surface area contributed by atoms with Crippen LogP contribution < -0.4 is 11.5 Å². The van der Waals surface area contributed by atoms with Crippen LogP contribution in [0.5, 0.6) is 0 Å². The summed E-state index contributed by atoms with van der Waals surface area (Å²) in [5, 5.41) is 2.86. The third-order valence-corrected chi connectivity index (χ3v) is 5.16. The van der Waals surface area contributed by atoms with E-state index in [0.29, 0.717) is 10.9 Å².